The predicted octanol–water partition coefficient (Wildman–Crippen LogP) is 2.10. The van der Waals surface area contributed by atoms with Gasteiger partial charge in [0.25, 0.3) is 0 Å². The molecule has 182 valence electrons. The molecular weight excluding hydrogens is 438 g/mol. The third-order valence-corrected chi connectivity index (χ3v) is 5.59. The lowest BCUT2D eigenvalue weighted by Crippen LogP contribution is -2.46. The Morgan fingerprint density at radius 1 is 0.912 bits per heavy atom. The van der Waals surface area contributed by atoms with Crippen molar-refractivity contribution in [3.05, 3.63) is 59.7 Å². The number of aryl methyl sites for hydroxylation is 1. The van der Waals surface area contributed by atoms with Crippen LogP contribution in [0.5, 0.6) is 0 Å². The van der Waals surface area contributed by atoms with Crippen molar-refractivity contribution >= 4 is 23.4 Å². The number of benzene rings is 2. The molecule has 0 aromatic heterocycles. The Morgan fingerprint density at radius 2 is 1.44 bits per heavy atom. The van der Waals surface area contributed by atoms with Gasteiger partial charge in [-0.1, -0.05) is 50.2 Å². The first-order chi connectivity index (χ1) is 16.1. The second kappa shape index (κ2) is 12.2. The molecule has 8 nitrogen and oxygen atoms in total. The lowest BCUT2D eigenvalue weighted by molar-refractivity contribution is -0.138. The molecule has 0 aliphatic heterocycles. The van der Waals surface area contributed by atoms with E-state index in [4.69, 9.17) is 4.74 Å². The molecule has 0 radical (unpaired) electrons. The lowest BCUT2D eigenvalue weighted by atomic mass is 9.87. The van der Waals surface area contributed by atoms with Crippen molar-refractivity contribution in [2.24, 2.45) is 5.41 Å². The second-order valence-electron chi connectivity index (χ2n) is 8.70. The van der Waals surface area contributed by atoms with Crippen molar-refractivity contribution in [3.63, 3.8) is 0 Å². The number of hydrogen-bond acceptors (Lipinski definition) is 7. The first-order valence-electron chi connectivity index (χ1n) is 11.0. The maximum atomic E-state index is 12.1. The summed E-state index contributed by atoms with van der Waals surface area (Å²) in [4.78, 5) is 47.7. The van der Waals surface area contributed by atoms with Crippen LogP contribution in [0, 0.1) is 5.41 Å². The minimum atomic E-state index is -1.42. The van der Waals surface area contributed by atoms with E-state index >= 15 is 0 Å². The monoisotopic (exact) mass is 469 g/mol. The topological polar surface area (TPSA) is 130 Å². The molecule has 2 rings (SSSR count). The van der Waals surface area contributed by atoms with Crippen LogP contribution in [0.4, 0.5) is 0 Å². The highest BCUT2D eigenvalue weighted by Gasteiger charge is 2.32. The van der Waals surface area contributed by atoms with Gasteiger partial charge in [0.15, 0.2) is 11.6 Å². The molecule has 0 aliphatic rings. The van der Waals surface area contributed by atoms with E-state index in [2.05, 4.69) is 5.32 Å². The van der Waals surface area contributed by atoms with Crippen LogP contribution in [0.2, 0.25) is 0 Å². The molecule has 0 bridgehead atoms. The van der Waals surface area contributed by atoms with Gasteiger partial charge in [0.2, 0.25) is 5.91 Å². The van der Waals surface area contributed by atoms with Gasteiger partial charge in [0.1, 0.15) is 6.10 Å². The maximum Gasteiger partial charge on any atom is 0.337 e. The zero-order chi connectivity index (χ0) is 25.3. The number of esters is 1. The highest BCUT2D eigenvalue weighted by atomic mass is 16.5. The second-order valence-corrected chi connectivity index (χ2v) is 8.70. The summed E-state index contributed by atoms with van der Waals surface area (Å²) >= 11 is 0. The van der Waals surface area contributed by atoms with Crippen LogP contribution in [0.15, 0.2) is 48.5 Å². The Bertz CT molecular complexity index is 1010. The largest absolute Gasteiger partial charge is 0.465 e. The highest BCUT2D eigenvalue weighted by Crippen LogP contribution is 2.21. The number of hydrogen-bond donors (Lipinski definition) is 3. The number of aliphatic hydroxyl groups is 2. The Labute approximate surface area is 198 Å². The van der Waals surface area contributed by atoms with Gasteiger partial charge in [0.05, 0.1) is 19.3 Å². The fraction of sp³-hybridized carbons (Fsp3) is 0.385. The summed E-state index contributed by atoms with van der Waals surface area (Å²) in [6, 6.07) is 14.6. The van der Waals surface area contributed by atoms with Crippen molar-refractivity contribution < 1.29 is 34.1 Å². The van der Waals surface area contributed by atoms with Crippen LogP contribution in [-0.2, 0) is 25.5 Å². The molecule has 2 aromatic carbocycles. The number of nitrogens with one attached hydrogen (secondary N) is 1. The number of rotatable bonds is 12. The van der Waals surface area contributed by atoms with E-state index < -0.39 is 35.0 Å². The van der Waals surface area contributed by atoms with Gasteiger partial charge < -0.3 is 20.3 Å². The number of ether oxygens (including phenoxy) is 1. The van der Waals surface area contributed by atoms with Crippen molar-refractivity contribution in [1.29, 1.82) is 0 Å². The molecule has 1 amide bonds. The Kier molecular flexibility index (Phi) is 9.65. The molecule has 8 heteroatoms. The fourth-order valence-corrected chi connectivity index (χ4v) is 3.15. The van der Waals surface area contributed by atoms with Crippen molar-refractivity contribution in [1.82, 2.24) is 5.32 Å². The molecular formula is C26H31NO7. The standard InChI is InChI=1S/C26H31NO7/c1-26(2,16-28)23(31)24(32)27-15-14-22(30)21(29)13-6-17-4-7-18(8-5-17)19-9-11-20(12-10-19)25(33)34-3/h4-5,7-12,23,28,31H,6,13-16H2,1-3H3,(H,27,32)/t23-/m0/s1. The summed E-state index contributed by atoms with van der Waals surface area (Å²) < 4.78 is 4.69. The molecule has 0 saturated carbocycles. The number of methoxy groups -OCH3 is 1. The third kappa shape index (κ3) is 7.33. The van der Waals surface area contributed by atoms with E-state index in [1.165, 1.54) is 7.11 Å². The van der Waals surface area contributed by atoms with Crippen LogP contribution in [0.3, 0.4) is 0 Å². The van der Waals surface area contributed by atoms with E-state index in [1.807, 2.05) is 36.4 Å². The average Bonchev–Trinajstić information content (AvgIpc) is 2.86. The molecule has 0 unspecified atom stereocenters. The molecule has 0 saturated heterocycles. The Morgan fingerprint density at radius 3 is 1.97 bits per heavy atom. The van der Waals surface area contributed by atoms with Crippen molar-refractivity contribution in [3.8, 4) is 11.1 Å². The number of carbonyl (C=O) groups is 4. The quantitative estimate of drug-likeness (QED) is 0.321. The van der Waals surface area contributed by atoms with Crippen molar-refractivity contribution in [2.45, 2.75) is 39.2 Å². The summed E-state index contributed by atoms with van der Waals surface area (Å²) in [6.45, 7) is 2.64. The van der Waals surface area contributed by atoms with E-state index in [0.29, 0.717) is 12.0 Å². The van der Waals surface area contributed by atoms with Gasteiger partial charge in [-0.05, 0) is 35.2 Å². The molecule has 0 aliphatic carbocycles. The third-order valence-electron chi connectivity index (χ3n) is 5.59. The predicted molar refractivity (Wildman–Crippen MR) is 126 cm³/mol. The summed E-state index contributed by atoms with van der Waals surface area (Å²) in [6.07, 6.45) is -1.11. The Balaban J connectivity index is 1.80. The van der Waals surface area contributed by atoms with Gasteiger partial charge in [-0.2, -0.15) is 0 Å². The Hall–Kier alpha value is -3.36. The highest BCUT2D eigenvalue weighted by molar-refractivity contribution is 6.37. The number of carbonyl (C=O) groups excluding carboxylic acids is 4. The normalized spacial score (nSPS) is 12.0. The summed E-state index contributed by atoms with van der Waals surface area (Å²) in [5, 5.41) is 21.6. The van der Waals surface area contributed by atoms with Crippen molar-refractivity contribution in [2.75, 3.05) is 20.3 Å². The van der Waals surface area contributed by atoms with E-state index in [0.717, 1.165) is 16.7 Å². The zero-order valence-electron chi connectivity index (χ0n) is 19.7. The van der Waals surface area contributed by atoms with Gasteiger partial charge >= 0.3 is 5.97 Å². The number of amides is 1. The van der Waals surface area contributed by atoms with Crippen LogP contribution < -0.4 is 5.32 Å². The molecule has 0 spiro atoms. The van der Waals surface area contributed by atoms with Gasteiger partial charge in [-0.3, -0.25) is 14.4 Å². The number of Topliss-reactive ketones (excluding diaryl/α,β-unsaturated/α-hetero) is 2. The van der Waals surface area contributed by atoms with E-state index in [9.17, 15) is 29.4 Å². The van der Waals surface area contributed by atoms with Crippen LogP contribution in [0.25, 0.3) is 11.1 Å². The van der Waals surface area contributed by atoms with Gasteiger partial charge in [0, 0.05) is 24.8 Å². The number of aliphatic hydroxyl groups excluding tert-OH is 2. The minimum absolute atomic E-state index is 0.0557. The fourth-order valence-electron chi connectivity index (χ4n) is 3.15. The summed E-state index contributed by atoms with van der Waals surface area (Å²) in [5.41, 5.74) is 2.24. The first-order valence-corrected chi connectivity index (χ1v) is 11.0. The minimum Gasteiger partial charge on any atom is -0.465 e. The maximum absolute atomic E-state index is 12.1. The van der Waals surface area contributed by atoms with Crippen LogP contribution in [-0.4, -0.2) is 60.0 Å². The molecule has 3 N–H and O–H groups in total. The van der Waals surface area contributed by atoms with Crippen LogP contribution >= 0.6 is 0 Å². The van der Waals surface area contributed by atoms with E-state index in [-0.39, 0.29) is 26.0 Å². The van der Waals surface area contributed by atoms with Crippen LogP contribution in [0.1, 0.15) is 42.6 Å². The molecule has 0 heterocycles. The zero-order valence-corrected chi connectivity index (χ0v) is 19.7. The summed E-state index contributed by atoms with van der Waals surface area (Å²) in [5.74, 6) is -2.20. The average molecular weight is 470 g/mol. The smallest absolute Gasteiger partial charge is 0.337 e. The first kappa shape index (κ1) is 26.9. The molecule has 2 aromatic rings. The molecule has 1 atom stereocenters. The van der Waals surface area contributed by atoms with Gasteiger partial charge in [-0.25, -0.2) is 4.79 Å². The SMILES string of the molecule is COC(=O)c1ccc(-c2ccc(CCC(=O)C(=O)CCNC(=O)[C@H](O)C(C)(C)CO)cc2)cc1. The number of ketones is 2. The molecule has 34 heavy (non-hydrogen) atoms. The molecule has 0 fully saturated rings. The van der Waals surface area contributed by atoms with E-state index in [1.54, 1.807) is 26.0 Å². The van der Waals surface area contributed by atoms with Gasteiger partial charge in [-0.15, -0.1) is 0 Å². The lowest BCUT2D eigenvalue weighted by Gasteiger charge is -2.27. The summed E-state index contributed by atoms with van der Waals surface area (Å²) in [7, 11) is 1.33.